The van der Waals surface area contributed by atoms with E-state index in [4.69, 9.17) is 10.5 Å². The largest absolute Gasteiger partial charge is 0.469 e. The zero-order valence-electron chi connectivity index (χ0n) is 14.8. The second-order valence-corrected chi connectivity index (χ2v) is 6.75. The third-order valence-electron chi connectivity index (χ3n) is 5.02. The lowest BCUT2D eigenvalue weighted by molar-refractivity contribution is -0.141. The minimum Gasteiger partial charge on any atom is -0.469 e. The summed E-state index contributed by atoms with van der Waals surface area (Å²) in [6, 6.07) is 9.15. The van der Waals surface area contributed by atoms with Gasteiger partial charge < -0.3 is 15.8 Å². The predicted molar refractivity (Wildman–Crippen MR) is 100 cm³/mol. The molecule has 0 aromatic heterocycles. The van der Waals surface area contributed by atoms with E-state index in [1.165, 1.54) is 13.5 Å². The van der Waals surface area contributed by atoms with Gasteiger partial charge in [0.15, 0.2) is 0 Å². The van der Waals surface area contributed by atoms with E-state index in [9.17, 15) is 9.59 Å². The lowest BCUT2D eigenvalue weighted by atomic mass is 9.71. The lowest BCUT2D eigenvalue weighted by Crippen LogP contribution is -2.40. The van der Waals surface area contributed by atoms with Crippen LogP contribution in [-0.2, 0) is 14.3 Å². The molecule has 5 nitrogen and oxygen atoms in total. The van der Waals surface area contributed by atoms with Gasteiger partial charge in [-0.15, -0.1) is 12.4 Å². The van der Waals surface area contributed by atoms with Gasteiger partial charge in [-0.3, -0.25) is 9.59 Å². The molecule has 25 heavy (non-hydrogen) atoms. The fraction of sp³-hybridized carbons (Fsp3) is 0.579. The van der Waals surface area contributed by atoms with Gasteiger partial charge in [0.05, 0.1) is 19.6 Å². The number of nitrogens with two attached hydrogens (primary N) is 1. The van der Waals surface area contributed by atoms with E-state index < -0.39 is 0 Å². The average molecular weight is 369 g/mol. The van der Waals surface area contributed by atoms with Gasteiger partial charge in [-0.05, 0) is 30.4 Å². The van der Waals surface area contributed by atoms with Crippen molar-refractivity contribution in [2.45, 2.75) is 51.0 Å². The predicted octanol–water partition coefficient (Wildman–Crippen LogP) is 3.13. The Bertz CT molecular complexity index is 545. The molecule has 0 aliphatic heterocycles. The number of methoxy groups -OCH3 is 1. The summed E-state index contributed by atoms with van der Waals surface area (Å²) in [4.78, 5) is 24.3. The first kappa shape index (κ1) is 21.5. The summed E-state index contributed by atoms with van der Waals surface area (Å²) < 4.78 is 4.76. The topological polar surface area (TPSA) is 81.4 Å². The molecule has 1 atom stereocenters. The van der Waals surface area contributed by atoms with Gasteiger partial charge >= 0.3 is 5.97 Å². The highest BCUT2D eigenvalue weighted by atomic mass is 35.5. The summed E-state index contributed by atoms with van der Waals surface area (Å²) in [5.41, 5.74) is 6.79. The smallest absolute Gasteiger partial charge is 0.307 e. The minimum atomic E-state index is -0.371. The molecule has 0 spiro atoms. The van der Waals surface area contributed by atoms with E-state index in [0.717, 1.165) is 31.2 Å². The van der Waals surface area contributed by atoms with Gasteiger partial charge in [0.25, 0.3) is 0 Å². The van der Waals surface area contributed by atoms with Gasteiger partial charge in [-0.25, -0.2) is 0 Å². The second-order valence-electron chi connectivity index (χ2n) is 6.75. The summed E-state index contributed by atoms with van der Waals surface area (Å²) in [5.74, 6) is -0.379. The van der Waals surface area contributed by atoms with E-state index in [1.54, 1.807) is 0 Å². The molecule has 2 rings (SSSR count). The van der Waals surface area contributed by atoms with E-state index >= 15 is 0 Å². The van der Waals surface area contributed by atoms with E-state index in [1.807, 2.05) is 30.3 Å². The van der Waals surface area contributed by atoms with E-state index in [-0.39, 0.29) is 42.2 Å². The van der Waals surface area contributed by atoms with Crippen LogP contribution in [0.5, 0.6) is 0 Å². The van der Waals surface area contributed by atoms with Gasteiger partial charge in [-0.2, -0.15) is 0 Å². The number of halogens is 1. The Kier molecular flexibility index (Phi) is 8.93. The van der Waals surface area contributed by atoms with Crippen molar-refractivity contribution in [1.82, 2.24) is 5.32 Å². The fourth-order valence-corrected chi connectivity index (χ4v) is 3.53. The Morgan fingerprint density at radius 2 is 1.84 bits per heavy atom. The number of ether oxygens (including phenoxy) is 1. The van der Waals surface area contributed by atoms with Crippen molar-refractivity contribution in [3.05, 3.63) is 35.9 Å². The number of carbonyl (C=O) groups excluding carboxylic acids is 2. The Labute approximate surface area is 156 Å². The van der Waals surface area contributed by atoms with Crippen LogP contribution in [-0.4, -0.2) is 25.5 Å². The lowest BCUT2D eigenvalue weighted by Gasteiger charge is -2.36. The molecule has 1 aromatic rings. The van der Waals surface area contributed by atoms with Crippen LogP contribution < -0.4 is 11.1 Å². The summed E-state index contributed by atoms with van der Waals surface area (Å²) >= 11 is 0. The second kappa shape index (κ2) is 10.4. The summed E-state index contributed by atoms with van der Waals surface area (Å²) in [5, 5.41) is 3.01. The molecular formula is C19H29ClN2O3. The molecule has 1 aromatic carbocycles. The number of benzene rings is 1. The molecule has 0 heterocycles. The number of nitrogens with one attached hydrogen (secondary N) is 1. The first-order valence-electron chi connectivity index (χ1n) is 8.70. The van der Waals surface area contributed by atoms with E-state index in [2.05, 4.69) is 5.32 Å². The molecule has 0 bridgehead atoms. The normalized spacial score (nSPS) is 17.0. The number of hydrogen-bond donors (Lipinski definition) is 2. The van der Waals surface area contributed by atoms with Crippen molar-refractivity contribution < 1.29 is 14.3 Å². The van der Waals surface area contributed by atoms with Crippen LogP contribution >= 0.6 is 12.4 Å². The molecule has 1 amide bonds. The number of esters is 1. The highest BCUT2D eigenvalue weighted by Crippen LogP contribution is 2.38. The molecule has 0 radical (unpaired) electrons. The monoisotopic (exact) mass is 368 g/mol. The van der Waals surface area contributed by atoms with Crippen molar-refractivity contribution in [2.75, 3.05) is 13.7 Å². The maximum Gasteiger partial charge on any atom is 0.307 e. The maximum atomic E-state index is 12.6. The summed E-state index contributed by atoms with van der Waals surface area (Å²) in [7, 11) is 1.36. The first-order chi connectivity index (χ1) is 11.6. The first-order valence-corrected chi connectivity index (χ1v) is 8.70. The molecule has 6 heteroatoms. The van der Waals surface area contributed by atoms with E-state index in [0.29, 0.717) is 13.0 Å². The van der Waals surface area contributed by atoms with Crippen LogP contribution in [0.25, 0.3) is 0 Å². The average Bonchev–Trinajstić information content (AvgIpc) is 2.62. The molecule has 1 aliphatic carbocycles. The van der Waals surface area contributed by atoms with Crippen LogP contribution in [0.4, 0.5) is 0 Å². The molecule has 1 saturated carbocycles. The van der Waals surface area contributed by atoms with Gasteiger partial charge in [0.1, 0.15) is 0 Å². The molecule has 3 N–H and O–H groups in total. The Hall–Kier alpha value is -1.59. The molecule has 1 fully saturated rings. The van der Waals surface area contributed by atoms with Crippen molar-refractivity contribution in [1.29, 1.82) is 0 Å². The zero-order chi connectivity index (χ0) is 17.4. The van der Waals surface area contributed by atoms with Crippen LogP contribution in [0, 0.1) is 5.41 Å². The minimum absolute atomic E-state index is 0. The van der Waals surface area contributed by atoms with Crippen molar-refractivity contribution in [3.63, 3.8) is 0 Å². The van der Waals surface area contributed by atoms with Gasteiger partial charge in [0, 0.05) is 6.42 Å². The van der Waals surface area contributed by atoms with Crippen molar-refractivity contribution >= 4 is 24.3 Å². The van der Waals surface area contributed by atoms with Gasteiger partial charge in [-0.1, -0.05) is 49.6 Å². The third-order valence-corrected chi connectivity index (χ3v) is 5.02. The standard InChI is InChI=1S/C19H28N2O3.ClH/c1-24-18(23)12-16(15-8-4-2-5-9-15)21-17(22)13-19(14-20)10-6-3-7-11-19;/h2,4-5,8-9,16H,3,6-7,10-14,20H2,1H3,(H,21,22);1H. The maximum absolute atomic E-state index is 12.6. The Morgan fingerprint density at radius 3 is 2.40 bits per heavy atom. The molecule has 140 valence electrons. The molecular weight excluding hydrogens is 340 g/mol. The Morgan fingerprint density at radius 1 is 1.20 bits per heavy atom. The third kappa shape index (κ3) is 6.33. The number of amides is 1. The van der Waals surface area contributed by atoms with Crippen LogP contribution in [0.15, 0.2) is 30.3 Å². The van der Waals surface area contributed by atoms with Crippen LogP contribution in [0.2, 0.25) is 0 Å². The quantitative estimate of drug-likeness (QED) is 0.724. The number of carbonyl (C=O) groups is 2. The summed E-state index contributed by atoms with van der Waals surface area (Å²) in [6.45, 7) is 0.535. The highest BCUT2D eigenvalue weighted by molar-refractivity contribution is 5.85. The molecule has 1 unspecified atom stereocenters. The fourth-order valence-electron chi connectivity index (χ4n) is 3.53. The van der Waals surface area contributed by atoms with Gasteiger partial charge in [0.2, 0.25) is 5.91 Å². The SMILES string of the molecule is COC(=O)CC(NC(=O)CC1(CN)CCCCC1)c1ccccc1.Cl. The number of rotatable bonds is 7. The highest BCUT2D eigenvalue weighted by Gasteiger charge is 2.33. The molecule has 1 aliphatic rings. The van der Waals surface area contributed by atoms with Crippen molar-refractivity contribution in [2.24, 2.45) is 11.1 Å². The van der Waals surface area contributed by atoms with Crippen molar-refractivity contribution in [3.8, 4) is 0 Å². The van der Waals surface area contributed by atoms with Crippen LogP contribution in [0.1, 0.15) is 56.6 Å². The zero-order valence-corrected chi connectivity index (χ0v) is 15.6. The molecule has 0 saturated heterocycles. The summed E-state index contributed by atoms with van der Waals surface area (Å²) in [6.07, 6.45) is 6.05. The number of hydrogen-bond acceptors (Lipinski definition) is 4. The Balaban J connectivity index is 0.00000312. The van der Waals surface area contributed by atoms with Crippen LogP contribution in [0.3, 0.4) is 0 Å².